The summed E-state index contributed by atoms with van der Waals surface area (Å²) in [5.41, 5.74) is 0.864. The Bertz CT molecular complexity index is 914. The first-order valence-electron chi connectivity index (χ1n) is 10.3. The van der Waals surface area contributed by atoms with Crippen LogP contribution < -0.4 is 4.90 Å². The number of amides is 1. The molecular formula is C21H27ClN2O6. The Hall–Kier alpha value is -2.32. The summed E-state index contributed by atoms with van der Waals surface area (Å²) in [7, 11) is 0. The minimum atomic E-state index is -0.678. The molecule has 30 heavy (non-hydrogen) atoms. The number of ether oxygens (including phenoxy) is 3. The lowest BCUT2D eigenvalue weighted by Crippen LogP contribution is -2.48. The van der Waals surface area contributed by atoms with E-state index < -0.39 is 12.1 Å². The first-order valence-corrected chi connectivity index (χ1v) is 10.6. The average Bonchev–Trinajstić information content (AvgIpc) is 3.07. The molecule has 0 bridgehead atoms. The number of carbonyl (C=O) groups excluding carboxylic acids is 2. The van der Waals surface area contributed by atoms with E-state index in [-0.39, 0.29) is 48.1 Å². The fraction of sp³-hybridized carbons (Fsp3) is 0.571. The molecule has 0 saturated carbocycles. The standard InChI is InChI=1S/C21H27ClN2O6/c1-5-14-11-13(10-12(4)29-14)24(21(26)28-7-3)18-17-15(8-9-16(22)23-17)30-19(18)20(25)27-6-2/h8-9,12-14H,5-7,10-11H2,1-4H3/t12-,13+,14+/m1/s1. The molecule has 1 amide bonds. The van der Waals surface area contributed by atoms with Crippen molar-refractivity contribution in [2.24, 2.45) is 0 Å². The molecule has 3 rings (SSSR count). The maximum Gasteiger partial charge on any atom is 0.414 e. The fourth-order valence-corrected chi connectivity index (χ4v) is 3.96. The number of fused-ring (bicyclic) bond motifs is 1. The lowest BCUT2D eigenvalue weighted by Gasteiger charge is -2.39. The minimum absolute atomic E-state index is 0.0172. The van der Waals surface area contributed by atoms with E-state index in [9.17, 15) is 9.59 Å². The molecule has 9 heteroatoms. The predicted octanol–water partition coefficient (Wildman–Crippen LogP) is 4.97. The van der Waals surface area contributed by atoms with Gasteiger partial charge in [0.1, 0.15) is 16.4 Å². The number of hydrogen-bond donors (Lipinski definition) is 0. The van der Waals surface area contributed by atoms with Crippen LogP contribution >= 0.6 is 11.6 Å². The van der Waals surface area contributed by atoms with Gasteiger partial charge in [0.2, 0.25) is 5.76 Å². The van der Waals surface area contributed by atoms with Gasteiger partial charge in [0.15, 0.2) is 5.58 Å². The van der Waals surface area contributed by atoms with Gasteiger partial charge in [-0.1, -0.05) is 18.5 Å². The van der Waals surface area contributed by atoms with Crippen LogP contribution in [0, 0.1) is 0 Å². The SMILES string of the molecule is CCOC(=O)c1oc2ccc(Cl)nc2c1N(C(=O)OCC)[C@@H]1C[C@H](CC)O[C@H](C)C1. The molecule has 1 aliphatic heterocycles. The van der Waals surface area contributed by atoms with E-state index in [0.717, 1.165) is 6.42 Å². The van der Waals surface area contributed by atoms with Gasteiger partial charge in [0, 0.05) is 6.04 Å². The number of nitrogens with zero attached hydrogens (tertiary/aromatic N) is 2. The van der Waals surface area contributed by atoms with Crippen LogP contribution in [-0.4, -0.2) is 48.5 Å². The minimum Gasteiger partial charge on any atom is -0.460 e. The summed E-state index contributed by atoms with van der Waals surface area (Å²) in [6.07, 6.45) is 1.31. The van der Waals surface area contributed by atoms with Crippen molar-refractivity contribution in [1.82, 2.24) is 4.98 Å². The van der Waals surface area contributed by atoms with Crippen molar-refractivity contribution in [3.8, 4) is 0 Å². The van der Waals surface area contributed by atoms with E-state index >= 15 is 0 Å². The van der Waals surface area contributed by atoms with Gasteiger partial charge in [0.25, 0.3) is 0 Å². The zero-order valence-electron chi connectivity index (χ0n) is 17.6. The Morgan fingerprint density at radius 2 is 1.93 bits per heavy atom. The molecule has 164 valence electrons. The number of aromatic nitrogens is 1. The zero-order valence-corrected chi connectivity index (χ0v) is 18.4. The second kappa shape index (κ2) is 9.66. The highest BCUT2D eigenvalue weighted by Gasteiger charge is 2.39. The van der Waals surface area contributed by atoms with Gasteiger partial charge < -0.3 is 18.6 Å². The third-order valence-electron chi connectivity index (χ3n) is 5.03. The average molecular weight is 439 g/mol. The number of furan rings is 1. The van der Waals surface area contributed by atoms with Crippen molar-refractivity contribution in [3.63, 3.8) is 0 Å². The molecule has 0 N–H and O–H groups in total. The molecule has 1 fully saturated rings. The van der Waals surface area contributed by atoms with Crippen molar-refractivity contribution in [2.75, 3.05) is 18.1 Å². The second-order valence-electron chi connectivity index (χ2n) is 7.15. The molecule has 0 spiro atoms. The molecule has 0 unspecified atom stereocenters. The largest absolute Gasteiger partial charge is 0.460 e. The third kappa shape index (κ3) is 4.54. The van der Waals surface area contributed by atoms with Crippen molar-refractivity contribution in [1.29, 1.82) is 0 Å². The van der Waals surface area contributed by atoms with Crippen LogP contribution in [0.15, 0.2) is 16.5 Å². The Labute approximate surface area is 180 Å². The van der Waals surface area contributed by atoms with E-state index in [2.05, 4.69) is 4.98 Å². The van der Waals surface area contributed by atoms with Crippen molar-refractivity contribution in [2.45, 2.75) is 65.2 Å². The molecule has 1 saturated heterocycles. The molecule has 2 aromatic rings. The number of rotatable bonds is 6. The van der Waals surface area contributed by atoms with Gasteiger partial charge in [0.05, 0.1) is 25.4 Å². The van der Waals surface area contributed by atoms with Crippen LogP contribution in [0.4, 0.5) is 10.5 Å². The number of esters is 1. The summed E-state index contributed by atoms with van der Waals surface area (Å²) in [5.74, 6) is -0.773. The van der Waals surface area contributed by atoms with E-state index in [4.69, 9.17) is 30.2 Å². The number of halogens is 1. The summed E-state index contributed by atoms with van der Waals surface area (Å²) in [6, 6.07) is 2.90. The van der Waals surface area contributed by atoms with Gasteiger partial charge in [-0.2, -0.15) is 0 Å². The van der Waals surface area contributed by atoms with Crippen molar-refractivity contribution >= 4 is 40.5 Å². The van der Waals surface area contributed by atoms with Gasteiger partial charge in [-0.15, -0.1) is 0 Å². The zero-order chi connectivity index (χ0) is 21.8. The summed E-state index contributed by atoms with van der Waals surface area (Å²) in [4.78, 5) is 31.6. The highest BCUT2D eigenvalue weighted by molar-refractivity contribution is 6.30. The molecule has 8 nitrogen and oxygen atoms in total. The number of anilines is 1. The first kappa shape index (κ1) is 22.4. The molecule has 0 aromatic carbocycles. The summed E-state index contributed by atoms with van der Waals surface area (Å²) < 4.78 is 22.3. The van der Waals surface area contributed by atoms with Crippen LogP contribution in [0.3, 0.4) is 0 Å². The number of hydrogen-bond acceptors (Lipinski definition) is 7. The van der Waals surface area contributed by atoms with E-state index in [0.29, 0.717) is 23.9 Å². The van der Waals surface area contributed by atoms with E-state index in [1.54, 1.807) is 26.0 Å². The van der Waals surface area contributed by atoms with Crippen LogP contribution in [0.1, 0.15) is 57.5 Å². The molecule has 3 heterocycles. The smallest absolute Gasteiger partial charge is 0.414 e. The van der Waals surface area contributed by atoms with Crippen LogP contribution in [0.2, 0.25) is 5.15 Å². The van der Waals surface area contributed by atoms with Gasteiger partial charge in [-0.3, -0.25) is 4.90 Å². The highest BCUT2D eigenvalue weighted by Crippen LogP contribution is 2.38. The highest BCUT2D eigenvalue weighted by atomic mass is 35.5. The van der Waals surface area contributed by atoms with Gasteiger partial charge in [-0.25, -0.2) is 14.6 Å². The van der Waals surface area contributed by atoms with E-state index in [1.807, 2.05) is 13.8 Å². The summed E-state index contributed by atoms with van der Waals surface area (Å²) in [5, 5.41) is 0.218. The maximum atomic E-state index is 13.1. The molecule has 2 aromatic heterocycles. The Kier molecular flexibility index (Phi) is 7.20. The topological polar surface area (TPSA) is 91.1 Å². The van der Waals surface area contributed by atoms with E-state index in [1.165, 1.54) is 4.90 Å². The van der Waals surface area contributed by atoms with Crippen LogP contribution in [0.5, 0.6) is 0 Å². The Balaban J connectivity index is 2.18. The second-order valence-corrected chi connectivity index (χ2v) is 7.54. The first-order chi connectivity index (χ1) is 14.4. The van der Waals surface area contributed by atoms with Crippen molar-refractivity contribution in [3.05, 3.63) is 23.0 Å². The molecule has 0 aliphatic carbocycles. The fourth-order valence-electron chi connectivity index (χ4n) is 3.81. The summed E-state index contributed by atoms with van der Waals surface area (Å²) >= 11 is 6.12. The van der Waals surface area contributed by atoms with Crippen LogP contribution in [-0.2, 0) is 14.2 Å². The van der Waals surface area contributed by atoms with Gasteiger partial charge in [-0.05, 0) is 52.2 Å². The maximum absolute atomic E-state index is 13.1. The predicted molar refractivity (Wildman–Crippen MR) is 112 cm³/mol. The quantitative estimate of drug-likeness (QED) is 0.464. The number of carbonyl (C=O) groups is 2. The monoisotopic (exact) mass is 438 g/mol. The normalized spacial score (nSPS) is 21.4. The Morgan fingerprint density at radius 3 is 2.60 bits per heavy atom. The lowest BCUT2D eigenvalue weighted by molar-refractivity contribution is -0.0486. The Morgan fingerprint density at radius 1 is 1.20 bits per heavy atom. The molecule has 3 atom stereocenters. The number of pyridine rings is 1. The molecule has 0 radical (unpaired) electrons. The van der Waals surface area contributed by atoms with Gasteiger partial charge >= 0.3 is 12.1 Å². The molecular weight excluding hydrogens is 412 g/mol. The van der Waals surface area contributed by atoms with Crippen molar-refractivity contribution < 1.29 is 28.2 Å². The molecule has 1 aliphatic rings. The lowest BCUT2D eigenvalue weighted by atomic mass is 9.96. The van der Waals surface area contributed by atoms with Crippen LogP contribution in [0.25, 0.3) is 11.1 Å². The summed E-state index contributed by atoms with van der Waals surface area (Å²) in [6.45, 7) is 7.77. The third-order valence-corrected chi connectivity index (χ3v) is 5.24.